The summed E-state index contributed by atoms with van der Waals surface area (Å²) in [6.07, 6.45) is 0. The van der Waals surface area contributed by atoms with Crippen molar-refractivity contribution in [1.82, 2.24) is 0 Å². The highest BCUT2D eigenvalue weighted by Gasteiger charge is 2.17. The molecule has 0 aliphatic carbocycles. The first-order chi connectivity index (χ1) is 12.6. The standard InChI is InChI=1S/C20H12N2O3S/c1-11-6-7-16-13(8-11)18-14(20(24)25-16)9-17(26-18)19(23)22-15-5-3-2-4-12(15)10-21/h2-9H,1H3,(H,22,23). The number of amides is 1. The van der Waals surface area contributed by atoms with Crippen LogP contribution in [0, 0.1) is 18.3 Å². The van der Waals surface area contributed by atoms with Gasteiger partial charge in [0, 0.05) is 5.39 Å². The van der Waals surface area contributed by atoms with Gasteiger partial charge in [-0.2, -0.15) is 5.26 Å². The van der Waals surface area contributed by atoms with Crippen LogP contribution in [-0.4, -0.2) is 5.91 Å². The fourth-order valence-electron chi connectivity index (χ4n) is 2.79. The normalized spacial score (nSPS) is 10.8. The van der Waals surface area contributed by atoms with Crippen molar-refractivity contribution in [1.29, 1.82) is 5.26 Å². The zero-order valence-corrected chi connectivity index (χ0v) is 14.5. The summed E-state index contributed by atoms with van der Waals surface area (Å²) in [6, 6.07) is 15.9. The number of fused-ring (bicyclic) bond motifs is 3. The number of rotatable bonds is 2. The number of anilines is 1. The van der Waals surface area contributed by atoms with E-state index >= 15 is 0 Å². The average molecular weight is 360 g/mol. The molecule has 4 aromatic rings. The highest BCUT2D eigenvalue weighted by Crippen LogP contribution is 2.31. The van der Waals surface area contributed by atoms with Gasteiger partial charge in [0.1, 0.15) is 11.7 Å². The summed E-state index contributed by atoms with van der Waals surface area (Å²) in [5.74, 6) is -0.367. The Labute approximate surface area is 152 Å². The SMILES string of the molecule is Cc1ccc2oc(=O)c3cc(C(=O)Nc4ccccc4C#N)sc3c2c1. The van der Waals surface area contributed by atoms with Crippen LogP contribution in [0.4, 0.5) is 5.69 Å². The second kappa shape index (κ2) is 6.14. The summed E-state index contributed by atoms with van der Waals surface area (Å²) in [6.45, 7) is 1.95. The van der Waals surface area contributed by atoms with Crippen molar-refractivity contribution in [3.8, 4) is 6.07 Å². The summed E-state index contributed by atoms with van der Waals surface area (Å²) < 4.78 is 6.08. The molecule has 4 rings (SSSR count). The molecule has 0 fully saturated rings. The molecule has 0 aliphatic rings. The quantitative estimate of drug-likeness (QED) is 0.536. The molecule has 0 saturated carbocycles. The monoisotopic (exact) mass is 360 g/mol. The first-order valence-electron chi connectivity index (χ1n) is 7.84. The molecule has 0 spiro atoms. The van der Waals surface area contributed by atoms with Gasteiger partial charge in [0.25, 0.3) is 5.91 Å². The zero-order valence-electron chi connectivity index (χ0n) is 13.7. The Morgan fingerprint density at radius 1 is 1.15 bits per heavy atom. The summed E-state index contributed by atoms with van der Waals surface area (Å²) >= 11 is 1.24. The van der Waals surface area contributed by atoms with Crippen LogP contribution in [0.1, 0.15) is 20.8 Å². The summed E-state index contributed by atoms with van der Waals surface area (Å²) in [7, 11) is 0. The lowest BCUT2D eigenvalue weighted by Crippen LogP contribution is -2.11. The van der Waals surface area contributed by atoms with E-state index in [1.54, 1.807) is 30.3 Å². The number of carbonyl (C=O) groups is 1. The lowest BCUT2D eigenvalue weighted by molar-refractivity contribution is 0.103. The molecule has 0 atom stereocenters. The molecule has 0 unspecified atom stereocenters. The van der Waals surface area contributed by atoms with E-state index in [9.17, 15) is 9.59 Å². The molecule has 126 valence electrons. The minimum absolute atomic E-state index is 0.367. The smallest absolute Gasteiger partial charge is 0.345 e. The van der Waals surface area contributed by atoms with Crippen LogP contribution in [-0.2, 0) is 0 Å². The largest absolute Gasteiger partial charge is 0.422 e. The molecule has 0 radical (unpaired) electrons. The third kappa shape index (κ3) is 2.65. The van der Waals surface area contributed by atoms with Crippen LogP contribution < -0.4 is 10.9 Å². The lowest BCUT2D eigenvalue weighted by Gasteiger charge is -2.04. The molecule has 0 aliphatic heterocycles. The van der Waals surface area contributed by atoms with E-state index < -0.39 is 5.63 Å². The van der Waals surface area contributed by atoms with Gasteiger partial charge in [0.2, 0.25) is 0 Å². The Balaban J connectivity index is 1.82. The number of hydrogen-bond donors (Lipinski definition) is 1. The highest BCUT2D eigenvalue weighted by molar-refractivity contribution is 7.21. The van der Waals surface area contributed by atoms with Crippen molar-refractivity contribution in [3.05, 3.63) is 75.0 Å². The van der Waals surface area contributed by atoms with E-state index in [-0.39, 0.29) is 5.91 Å². The van der Waals surface area contributed by atoms with Gasteiger partial charge in [-0.1, -0.05) is 23.8 Å². The number of nitriles is 1. The molecule has 2 aromatic heterocycles. The van der Waals surface area contributed by atoms with Crippen molar-refractivity contribution >= 4 is 44.0 Å². The van der Waals surface area contributed by atoms with E-state index in [2.05, 4.69) is 5.32 Å². The fourth-order valence-corrected chi connectivity index (χ4v) is 3.86. The van der Waals surface area contributed by atoms with Crippen LogP contribution >= 0.6 is 11.3 Å². The molecular formula is C20H12N2O3S. The predicted molar refractivity (Wildman–Crippen MR) is 102 cm³/mol. The van der Waals surface area contributed by atoms with Gasteiger partial charge in [-0.25, -0.2) is 4.79 Å². The molecule has 26 heavy (non-hydrogen) atoms. The van der Waals surface area contributed by atoms with E-state index in [0.29, 0.717) is 27.1 Å². The lowest BCUT2D eigenvalue weighted by atomic mass is 10.1. The van der Waals surface area contributed by atoms with Gasteiger partial charge < -0.3 is 9.73 Å². The maximum absolute atomic E-state index is 12.6. The summed E-state index contributed by atoms with van der Waals surface area (Å²) in [4.78, 5) is 25.2. The minimum Gasteiger partial charge on any atom is -0.422 e. The Hall–Kier alpha value is -3.43. The molecule has 0 saturated heterocycles. The van der Waals surface area contributed by atoms with Crippen molar-refractivity contribution in [3.63, 3.8) is 0 Å². The summed E-state index contributed by atoms with van der Waals surface area (Å²) in [5.41, 5.74) is 1.88. The highest BCUT2D eigenvalue weighted by atomic mass is 32.1. The topological polar surface area (TPSA) is 83.1 Å². The van der Waals surface area contributed by atoms with E-state index in [1.807, 2.05) is 25.1 Å². The Bertz CT molecular complexity index is 1280. The van der Waals surface area contributed by atoms with E-state index in [4.69, 9.17) is 9.68 Å². The number of para-hydroxylation sites is 1. The maximum Gasteiger partial charge on any atom is 0.345 e. The van der Waals surface area contributed by atoms with Crippen molar-refractivity contribution < 1.29 is 9.21 Å². The number of hydrogen-bond acceptors (Lipinski definition) is 5. The third-order valence-electron chi connectivity index (χ3n) is 4.05. The maximum atomic E-state index is 12.6. The zero-order chi connectivity index (χ0) is 18.3. The first kappa shape index (κ1) is 16.1. The summed E-state index contributed by atoms with van der Waals surface area (Å²) in [5, 5.41) is 13.1. The Kier molecular flexibility index (Phi) is 3.79. The minimum atomic E-state index is -0.468. The second-order valence-corrected chi connectivity index (χ2v) is 6.91. The number of benzene rings is 2. The van der Waals surface area contributed by atoms with Gasteiger partial charge in [0.15, 0.2) is 0 Å². The van der Waals surface area contributed by atoms with Crippen molar-refractivity contribution in [2.75, 3.05) is 5.32 Å². The number of thiophene rings is 1. The predicted octanol–water partition coefficient (Wildman–Crippen LogP) is 4.44. The van der Waals surface area contributed by atoms with Crippen LogP contribution in [0.15, 0.2) is 57.7 Å². The molecule has 5 nitrogen and oxygen atoms in total. The Morgan fingerprint density at radius 3 is 2.77 bits per heavy atom. The van der Waals surface area contributed by atoms with Gasteiger partial charge in [-0.15, -0.1) is 11.3 Å². The number of aryl methyl sites for hydroxylation is 1. The molecule has 2 aromatic carbocycles. The van der Waals surface area contributed by atoms with Gasteiger partial charge >= 0.3 is 5.63 Å². The third-order valence-corrected chi connectivity index (χ3v) is 5.22. The van der Waals surface area contributed by atoms with Gasteiger partial charge in [-0.3, -0.25) is 4.79 Å². The fraction of sp³-hybridized carbons (Fsp3) is 0.0500. The number of nitrogens with zero attached hydrogens (tertiary/aromatic N) is 1. The van der Waals surface area contributed by atoms with E-state index in [0.717, 1.165) is 15.6 Å². The molecule has 1 N–H and O–H groups in total. The molecule has 2 heterocycles. The first-order valence-corrected chi connectivity index (χ1v) is 8.66. The molecular weight excluding hydrogens is 348 g/mol. The van der Waals surface area contributed by atoms with Gasteiger partial charge in [-0.05, 0) is 37.3 Å². The Morgan fingerprint density at radius 2 is 1.96 bits per heavy atom. The van der Waals surface area contributed by atoms with Crippen LogP contribution in [0.2, 0.25) is 0 Å². The van der Waals surface area contributed by atoms with Crippen LogP contribution in [0.5, 0.6) is 0 Å². The number of carbonyl (C=O) groups excluding carboxylic acids is 1. The van der Waals surface area contributed by atoms with Gasteiger partial charge in [0.05, 0.1) is 26.2 Å². The molecule has 0 bridgehead atoms. The van der Waals surface area contributed by atoms with Crippen molar-refractivity contribution in [2.24, 2.45) is 0 Å². The van der Waals surface area contributed by atoms with Crippen molar-refractivity contribution in [2.45, 2.75) is 6.92 Å². The molecule has 1 amide bonds. The molecule has 6 heteroatoms. The van der Waals surface area contributed by atoms with E-state index in [1.165, 1.54) is 17.4 Å². The van der Waals surface area contributed by atoms with Crippen LogP contribution in [0.3, 0.4) is 0 Å². The number of nitrogens with one attached hydrogen (secondary N) is 1. The average Bonchev–Trinajstić information content (AvgIpc) is 3.09. The second-order valence-electron chi connectivity index (χ2n) is 5.85. The van der Waals surface area contributed by atoms with Crippen LogP contribution in [0.25, 0.3) is 21.1 Å².